The minimum Gasteiger partial charge on any atom is -1.00 e. The van der Waals surface area contributed by atoms with Crippen LogP contribution in [0, 0.1) is 0 Å². The first-order valence-electron chi connectivity index (χ1n) is 5.37. The summed E-state index contributed by atoms with van der Waals surface area (Å²) < 4.78 is 0. The summed E-state index contributed by atoms with van der Waals surface area (Å²) in [4.78, 5) is 22.4. The van der Waals surface area contributed by atoms with Crippen molar-refractivity contribution in [3.8, 4) is 11.4 Å². The van der Waals surface area contributed by atoms with Crippen molar-refractivity contribution >= 4 is 17.0 Å². The van der Waals surface area contributed by atoms with Gasteiger partial charge in [0.2, 0.25) is 0 Å². The maximum absolute atomic E-state index is 10.9. The molecule has 0 aliphatic carbocycles. The number of carbonyl (C=O) groups is 1. The van der Waals surface area contributed by atoms with Crippen LogP contribution in [0.25, 0.3) is 22.4 Å². The zero-order chi connectivity index (χ0) is 12.5. The molecule has 0 bridgehead atoms. The van der Waals surface area contributed by atoms with Gasteiger partial charge < -0.3 is 34.9 Å². The highest BCUT2D eigenvalue weighted by atomic mass is 35.5. The number of hydrogen-bond donors (Lipinski definition) is 2. The number of aromatic carboxylic acids is 1. The van der Waals surface area contributed by atoms with Crippen molar-refractivity contribution in [2.75, 3.05) is 0 Å². The Morgan fingerprint density at radius 3 is 2.65 bits per heavy atom. The number of H-pyrrole nitrogens is 1. The number of pyridine rings is 1. The Hall–Kier alpha value is -2.11. The van der Waals surface area contributed by atoms with Crippen molar-refractivity contribution in [1.82, 2.24) is 15.0 Å². The molecule has 3 aromatic rings. The zero-order valence-electron chi connectivity index (χ0n) is 10.0. The van der Waals surface area contributed by atoms with Crippen molar-refractivity contribution in [2.45, 2.75) is 0 Å². The number of hydrogen-bond acceptors (Lipinski definition) is 3. The lowest BCUT2D eigenvalue weighted by Gasteiger charge is -1.93. The van der Waals surface area contributed by atoms with E-state index in [1.807, 2.05) is 12.1 Å². The van der Waals surface area contributed by atoms with Crippen LogP contribution in [0.2, 0.25) is 0 Å². The number of nitrogens with one attached hydrogen (secondary N) is 1. The third-order valence-electron chi connectivity index (χ3n) is 2.66. The van der Waals surface area contributed by atoms with Gasteiger partial charge in [-0.25, -0.2) is 9.78 Å². The van der Waals surface area contributed by atoms with Crippen molar-refractivity contribution in [3.05, 3.63) is 48.3 Å². The van der Waals surface area contributed by atoms with E-state index >= 15 is 0 Å². The summed E-state index contributed by atoms with van der Waals surface area (Å²) in [6, 6.07) is 8.52. The molecule has 104 valence electrons. The maximum atomic E-state index is 10.9. The summed E-state index contributed by atoms with van der Waals surface area (Å²) in [5.41, 5.74) is 2.54. The molecule has 2 N–H and O–H groups in total. The fourth-order valence-electron chi connectivity index (χ4n) is 1.78. The van der Waals surface area contributed by atoms with Gasteiger partial charge in [-0.3, -0.25) is 4.98 Å². The number of fused-ring (bicyclic) bond motifs is 1. The standard InChI is InChI=1S/C13H9N3O2.2ClH/c17-13(18)8-3-4-10-11(6-8)16-12(15-10)9-2-1-5-14-7-9;;/h1-7H,(H,15,16)(H,17,18);2*1H/p-2. The van der Waals surface area contributed by atoms with Gasteiger partial charge in [-0.05, 0) is 30.3 Å². The van der Waals surface area contributed by atoms with Crippen molar-refractivity contribution in [2.24, 2.45) is 0 Å². The fourth-order valence-corrected chi connectivity index (χ4v) is 1.78. The second-order valence-corrected chi connectivity index (χ2v) is 3.86. The van der Waals surface area contributed by atoms with E-state index in [9.17, 15) is 4.79 Å². The normalized spacial score (nSPS) is 9.60. The molecule has 0 radical (unpaired) electrons. The SMILES string of the molecule is O=C(O)c1ccc2nc(-c3cccnc3)[nH]c2c1.[Cl-].[Cl-]. The number of aromatic amines is 1. The molecule has 0 saturated heterocycles. The highest BCUT2D eigenvalue weighted by Gasteiger charge is 2.08. The minimum atomic E-state index is -0.950. The molecule has 1 aromatic carbocycles. The molecule has 2 aromatic heterocycles. The summed E-state index contributed by atoms with van der Waals surface area (Å²) >= 11 is 0. The topological polar surface area (TPSA) is 78.9 Å². The molecule has 0 aliphatic heterocycles. The highest BCUT2D eigenvalue weighted by molar-refractivity contribution is 5.92. The third-order valence-corrected chi connectivity index (χ3v) is 2.66. The van der Waals surface area contributed by atoms with Gasteiger partial charge >= 0.3 is 5.97 Å². The Kier molecular flexibility index (Phi) is 5.07. The molecule has 7 heteroatoms. The lowest BCUT2D eigenvalue weighted by atomic mass is 10.2. The molecule has 0 atom stereocenters. The molecule has 0 fully saturated rings. The van der Waals surface area contributed by atoms with Crippen molar-refractivity contribution in [3.63, 3.8) is 0 Å². The van der Waals surface area contributed by atoms with E-state index in [-0.39, 0.29) is 30.4 Å². The van der Waals surface area contributed by atoms with Gasteiger partial charge in [-0.1, -0.05) is 0 Å². The molecule has 3 rings (SSSR count). The maximum Gasteiger partial charge on any atom is 0.335 e. The summed E-state index contributed by atoms with van der Waals surface area (Å²) in [5, 5.41) is 8.92. The predicted molar refractivity (Wildman–Crippen MR) is 66.3 cm³/mol. The van der Waals surface area contributed by atoms with Gasteiger partial charge in [-0.15, -0.1) is 0 Å². The smallest absolute Gasteiger partial charge is 0.335 e. The van der Waals surface area contributed by atoms with Gasteiger partial charge in [0.15, 0.2) is 0 Å². The number of benzene rings is 1. The number of carboxylic acid groups (broad SMARTS) is 1. The molecular weight excluding hydrogens is 301 g/mol. The Morgan fingerprint density at radius 2 is 2.00 bits per heavy atom. The van der Waals surface area contributed by atoms with E-state index in [0.717, 1.165) is 11.1 Å². The Labute approximate surface area is 126 Å². The molecule has 0 spiro atoms. The Morgan fingerprint density at radius 1 is 1.20 bits per heavy atom. The van der Waals surface area contributed by atoms with Crippen LogP contribution in [-0.2, 0) is 0 Å². The van der Waals surface area contributed by atoms with Crippen LogP contribution in [0.1, 0.15) is 10.4 Å². The summed E-state index contributed by atoms with van der Waals surface area (Å²) in [6.45, 7) is 0. The van der Waals surface area contributed by atoms with E-state index < -0.39 is 5.97 Å². The van der Waals surface area contributed by atoms with Crippen LogP contribution in [-0.4, -0.2) is 26.0 Å². The lowest BCUT2D eigenvalue weighted by Crippen LogP contribution is -3.00. The largest absolute Gasteiger partial charge is 1.00 e. The van der Waals surface area contributed by atoms with Gasteiger partial charge in [0.1, 0.15) is 5.82 Å². The van der Waals surface area contributed by atoms with Gasteiger partial charge in [0.05, 0.1) is 16.6 Å². The number of nitrogens with zero attached hydrogens (tertiary/aromatic N) is 2. The molecule has 0 aliphatic rings. The fraction of sp³-hybridized carbons (Fsp3) is 0. The monoisotopic (exact) mass is 309 g/mol. The number of carboxylic acids is 1. The third kappa shape index (κ3) is 2.89. The molecule has 2 heterocycles. The van der Waals surface area contributed by atoms with Gasteiger partial charge in [0.25, 0.3) is 0 Å². The Balaban J connectivity index is 0.000001000. The summed E-state index contributed by atoms with van der Waals surface area (Å²) in [6.07, 6.45) is 3.39. The summed E-state index contributed by atoms with van der Waals surface area (Å²) in [7, 11) is 0. The van der Waals surface area contributed by atoms with Crippen molar-refractivity contribution < 1.29 is 34.7 Å². The zero-order valence-corrected chi connectivity index (χ0v) is 11.6. The molecule has 5 nitrogen and oxygen atoms in total. The van der Waals surface area contributed by atoms with E-state index in [0.29, 0.717) is 11.3 Å². The number of imidazole rings is 1. The minimum absolute atomic E-state index is 0. The number of halogens is 2. The molecular formula is C13H9Cl2N3O2-2. The van der Waals surface area contributed by atoms with Crippen molar-refractivity contribution in [1.29, 1.82) is 0 Å². The molecule has 0 unspecified atom stereocenters. The van der Waals surface area contributed by atoms with Crippen LogP contribution in [0.5, 0.6) is 0 Å². The van der Waals surface area contributed by atoms with E-state index in [4.69, 9.17) is 5.11 Å². The van der Waals surface area contributed by atoms with Gasteiger partial charge in [-0.2, -0.15) is 0 Å². The average molecular weight is 310 g/mol. The van der Waals surface area contributed by atoms with E-state index in [2.05, 4.69) is 15.0 Å². The lowest BCUT2D eigenvalue weighted by molar-refractivity contribution is -0.00100. The van der Waals surface area contributed by atoms with Crippen LogP contribution in [0.3, 0.4) is 0 Å². The van der Waals surface area contributed by atoms with Crippen LogP contribution >= 0.6 is 0 Å². The number of rotatable bonds is 2. The van der Waals surface area contributed by atoms with Gasteiger partial charge in [0, 0.05) is 18.0 Å². The second-order valence-electron chi connectivity index (χ2n) is 3.86. The predicted octanol–water partition coefficient (Wildman–Crippen LogP) is -3.67. The van der Waals surface area contributed by atoms with E-state index in [1.165, 1.54) is 0 Å². The number of aromatic nitrogens is 3. The summed E-state index contributed by atoms with van der Waals surface area (Å²) in [5.74, 6) is -0.268. The Bertz CT molecular complexity index is 729. The van der Waals surface area contributed by atoms with E-state index in [1.54, 1.807) is 30.6 Å². The average Bonchev–Trinajstić information content (AvgIpc) is 2.82. The van der Waals surface area contributed by atoms with Crippen LogP contribution in [0.15, 0.2) is 42.7 Å². The first-order chi connectivity index (χ1) is 8.74. The highest BCUT2D eigenvalue weighted by Crippen LogP contribution is 2.20. The van der Waals surface area contributed by atoms with Crippen LogP contribution in [0.4, 0.5) is 0 Å². The quantitative estimate of drug-likeness (QED) is 0.511. The second kappa shape index (κ2) is 6.36. The molecule has 0 saturated carbocycles. The first kappa shape index (κ1) is 15.9. The first-order valence-corrected chi connectivity index (χ1v) is 5.37. The molecule has 0 amide bonds. The van der Waals surface area contributed by atoms with Crippen LogP contribution < -0.4 is 24.8 Å². The molecule has 20 heavy (non-hydrogen) atoms.